The second-order valence-corrected chi connectivity index (χ2v) is 13.7. The van der Waals surface area contributed by atoms with Crippen molar-refractivity contribution in [1.82, 2.24) is 4.90 Å². The zero-order chi connectivity index (χ0) is 18.4. The molecule has 0 aliphatic carbocycles. The van der Waals surface area contributed by atoms with E-state index in [1.165, 1.54) is 5.56 Å². The van der Waals surface area contributed by atoms with Gasteiger partial charge in [0, 0.05) is 17.6 Å². The van der Waals surface area contributed by atoms with Crippen LogP contribution in [0, 0.1) is 0 Å². The van der Waals surface area contributed by atoms with Crippen LogP contribution in [0.25, 0.3) is 0 Å². The van der Waals surface area contributed by atoms with E-state index in [1.807, 2.05) is 12.1 Å². The molecule has 2 nitrogen and oxygen atoms in total. The van der Waals surface area contributed by atoms with Crippen molar-refractivity contribution in [2.45, 2.75) is 51.5 Å². The third-order valence-corrected chi connectivity index (χ3v) is 9.52. The van der Waals surface area contributed by atoms with Crippen molar-refractivity contribution in [1.29, 1.82) is 0 Å². The van der Waals surface area contributed by atoms with Crippen LogP contribution >= 0.6 is 15.9 Å². The van der Waals surface area contributed by atoms with Gasteiger partial charge in [-0.15, -0.1) is 6.58 Å². The molecule has 0 saturated carbocycles. The molecule has 1 aromatic carbocycles. The van der Waals surface area contributed by atoms with Crippen molar-refractivity contribution in [3.05, 3.63) is 59.6 Å². The van der Waals surface area contributed by atoms with E-state index in [2.05, 4.69) is 92.1 Å². The van der Waals surface area contributed by atoms with E-state index in [-0.39, 0.29) is 11.1 Å². The first-order valence-corrected chi connectivity index (χ1v) is 12.1. The molecular formula is C20H32BrNOSi. The van der Waals surface area contributed by atoms with Crippen molar-refractivity contribution >= 4 is 24.2 Å². The molecule has 0 amide bonds. The lowest BCUT2D eigenvalue weighted by Gasteiger charge is -2.38. The fourth-order valence-electron chi connectivity index (χ4n) is 2.16. The van der Waals surface area contributed by atoms with E-state index in [0.717, 1.165) is 17.6 Å². The highest BCUT2D eigenvalue weighted by Gasteiger charge is 2.37. The van der Waals surface area contributed by atoms with Gasteiger partial charge in [0.05, 0.1) is 12.6 Å². The molecule has 0 saturated heterocycles. The zero-order valence-electron chi connectivity index (χ0n) is 15.8. The predicted molar refractivity (Wildman–Crippen MR) is 112 cm³/mol. The van der Waals surface area contributed by atoms with E-state index in [0.29, 0.717) is 6.61 Å². The number of halogens is 1. The molecule has 4 heteroatoms. The van der Waals surface area contributed by atoms with Crippen molar-refractivity contribution < 1.29 is 4.43 Å². The molecule has 0 fully saturated rings. The Labute approximate surface area is 157 Å². The van der Waals surface area contributed by atoms with Gasteiger partial charge < -0.3 is 4.43 Å². The number of rotatable bonds is 9. The average molecular weight is 410 g/mol. The van der Waals surface area contributed by atoms with Crippen LogP contribution in [0.2, 0.25) is 18.1 Å². The number of nitrogens with zero attached hydrogens (tertiary/aromatic N) is 1. The Hall–Kier alpha value is -0.683. The Bertz CT molecular complexity index is 536. The van der Waals surface area contributed by atoms with Crippen LogP contribution in [-0.4, -0.2) is 32.4 Å². The average Bonchev–Trinajstić information content (AvgIpc) is 2.47. The summed E-state index contributed by atoms with van der Waals surface area (Å²) in [5.41, 5.74) is 1.28. The van der Waals surface area contributed by atoms with Gasteiger partial charge in [-0.2, -0.15) is 0 Å². The largest absolute Gasteiger partial charge is 0.415 e. The van der Waals surface area contributed by atoms with Crippen molar-refractivity contribution in [2.24, 2.45) is 0 Å². The summed E-state index contributed by atoms with van der Waals surface area (Å²) in [4.78, 5) is 2.35. The number of benzene rings is 1. The second-order valence-electron chi connectivity index (χ2n) is 7.78. The molecule has 1 rings (SSSR count). The minimum atomic E-state index is -1.77. The van der Waals surface area contributed by atoms with E-state index in [9.17, 15) is 0 Å². The normalized spacial score (nSPS) is 13.8. The maximum absolute atomic E-state index is 6.43. The highest BCUT2D eigenvalue weighted by atomic mass is 79.9. The van der Waals surface area contributed by atoms with Gasteiger partial charge >= 0.3 is 0 Å². The van der Waals surface area contributed by atoms with Gasteiger partial charge in [-0.3, -0.25) is 4.90 Å². The highest BCUT2D eigenvalue weighted by Crippen LogP contribution is 2.36. The van der Waals surface area contributed by atoms with Gasteiger partial charge in [0.25, 0.3) is 0 Å². The van der Waals surface area contributed by atoms with Crippen LogP contribution in [0.5, 0.6) is 0 Å². The lowest BCUT2D eigenvalue weighted by atomic mass is 10.1. The van der Waals surface area contributed by atoms with Crippen molar-refractivity contribution in [3.8, 4) is 0 Å². The minimum Gasteiger partial charge on any atom is -0.415 e. The Morgan fingerprint density at radius 1 is 1.29 bits per heavy atom. The van der Waals surface area contributed by atoms with Gasteiger partial charge in [-0.05, 0) is 23.7 Å². The second kappa shape index (κ2) is 9.14. The molecule has 134 valence electrons. The molecule has 0 bridgehead atoms. The molecule has 0 heterocycles. The molecule has 24 heavy (non-hydrogen) atoms. The fraction of sp³-hybridized carbons (Fsp3) is 0.500. The van der Waals surface area contributed by atoms with Crippen molar-refractivity contribution in [2.75, 3.05) is 13.2 Å². The quantitative estimate of drug-likeness (QED) is 0.367. The first-order valence-electron chi connectivity index (χ1n) is 8.44. The molecular weight excluding hydrogens is 378 g/mol. The van der Waals surface area contributed by atoms with Crippen LogP contribution in [-0.2, 0) is 11.0 Å². The summed E-state index contributed by atoms with van der Waals surface area (Å²) in [5, 5.41) is 0.210. The Balaban J connectivity index is 2.85. The summed E-state index contributed by atoms with van der Waals surface area (Å²) in [6, 6.07) is 10.7. The third-order valence-electron chi connectivity index (χ3n) is 4.77. The van der Waals surface area contributed by atoms with Gasteiger partial charge in [0.1, 0.15) is 0 Å². The van der Waals surface area contributed by atoms with Crippen LogP contribution < -0.4 is 0 Å². The van der Waals surface area contributed by atoms with Crippen LogP contribution in [0.15, 0.2) is 54.0 Å². The summed E-state index contributed by atoms with van der Waals surface area (Å²) in [7, 11) is -1.77. The molecule has 0 N–H and O–H groups in total. The summed E-state index contributed by atoms with van der Waals surface area (Å²) in [6.45, 7) is 21.7. The Kier molecular flexibility index (Phi) is 8.13. The molecule has 0 aliphatic heterocycles. The minimum absolute atomic E-state index is 0.161. The monoisotopic (exact) mass is 409 g/mol. The van der Waals surface area contributed by atoms with Crippen molar-refractivity contribution in [3.63, 3.8) is 0 Å². The van der Waals surface area contributed by atoms with Crippen LogP contribution in [0.4, 0.5) is 0 Å². The van der Waals surface area contributed by atoms with Crippen LogP contribution in [0.1, 0.15) is 26.3 Å². The van der Waals surface area contributed by atoms with E-state index < -0.39 is 8.32 Å². The first-order chi connectivity index (χ1) is 11.1. The lowest BCUT2D eigenvalue weighted by Crippen LogP contribution is -2.45. The number of hydrogen-bond acceptors (Lipinski definition) is 2. The Morgan fingerprint density at radius 2 is 1.88 bits per heavy atom. The smallest absolute Gasteiger partial charge is 0.192 e. The maximum atomic E-state index is 6.43. The Morgan fingerprint density at radius 3 is 2.33 bits per heavy atom. The van der Waals surface area contributed by atoms with E-state index in [4.69, 9.17) is 4.43 Å². The zero-order valence-corrected chi connectivity index (χ0v) is 18.4. The SMILES string of the molecule is C=CC(CO[Si](C)(C)C(C)(C)C)N(CC(=C)Br)Cc1ccccc1. The van der Waals surface area contributed by atoms with Gasteiger partial charge in [-0.1, -0.05) is 79.7 Å². The molecule has 0 spiro atoms. The lowest BCUT2D eigenvalue weighted by molar-refractivity contribution is 0.161. The van der Waals surface area contributed by atoms with E-state index in [1.54, 1.807) is 0 Å². The van der Waals surface area contributed by atoms with Gasteiger partial charge in [-0.25, -0.2) is 0 Å². The predicted octanol–water partition coefficient (Wildman–Crippen LogP) is 5.97. The standard InChI is InChI=1S/C20H32BrNOSi/c1-8-19(16-23-24(6,7)20(3,4)5)22(14-17(2)21)15-18-12-10-9-11-13-18/h8-13,19H,1-2,14-16H2,3-7H3. The molecule has 1 unspecified atom stereocenters. The molecule has 0 aliphatic rings. The topological polar surface area (TPSA) is 12.5 Å². The summed E-state index contributed by atoms with van der Waals surface area (Å²) in [6.07, 6.45) is 1.99. The molecule has 0 aromatic heterocycles. The molecule has 0 radical (unpaired) electrons. The molecule has 1 atom stereocenters. The van der Waals surface area contributed by atoms with Crippen LogP contribution in [0.3, 0.4) is 0 Å². The third kappa shape index (κ3) is 6.67. The van der Waals surface area contributed by atoms with Gasteiger partial charge in [0.15, 0.2) is 8.32 Å². The van der Waals surface area contributed by atoms with E-state index >= 15 is 0 Å². The summed E-state index contributed by atoms with van der Waals surface area (Å²) >= 11 is 3.51. The highest BCUT2D eigenvalue weighted by molar-refractivity contribution is 9.11. The fourth-order valence-corrected chi connectivity index (χ4v) is 3.50. The molecule has 1 aromatic rings. The van der Waals surface area contributed by atoms with Gasteiger partial charge in [0.2, 0.25) is 0 Å². The summed E-state index contributed by atoms with van der Waals surface area (Å²) < 4.78 is 7.40. The first kappa shape index (κ1) is 21.4. The maximum Gasteiger partial charge on any atom is 0.192 e. The summed E-state index contributed by atoms with van der Waals surface area (Å²) in [5.74, 6) is 0. The number of hydrogen-bond donors (Lipinski definition) is 0.